The Labute approximate surface area is 179 Å². The number of carbonyl (C=O) groups is 2. The number of amides is 2. The molecule has 31 heavy (non-hydrogen) atoms. The van der Waals surface area contributed by atoms with Gasteiger partial charge in [-0.25, -0.2) is 0 Å². The molecule has 2 amide bonds. The molecule has 0 atom stereocenters. The Balaban J connectivity index is 1.90. The summed E-state index contributed by atoms with van der Waals surface area (Å²) in [6, 6.07) is 15.0. The van der Waals surface area contributed by atoms with Crippen LogP contribution in [-0.2, 0) is 4.79 Å². The highest BCUT2D eigenvalue weighted by atomic mass is 16.5. The van der Waals surface area contributed by atoms with Gasteiger partial charge in [0, 0.05) is 5.69 Å². The van der Waals surface area contributed by atoms with Crippen LogP contribution in [0.1, 0.15) is 16.1 Å². The van der Waals surface area contributed by atoms with Gasteiger partial charge in [-0.1, -0.05) is 6.07 Å². The van der Waals surface area contributed by atoms with Crippen molar-refractivity contribution in [1.29, 1.82) is 0 Å². The van der Waals surface area contributed by atoms with Crippen LogP contribution in [0.2, 0.25) is 0 Å². The van der Waals surface area contributed by atoms with Crippen molar-refractivity contribution >= 4 is 23.6 Å². The molecule has 0 spiro atoms. The Morgan fingerprint density at radius 2 is 1.65 bits per heavy atom. The predicted molar refractivity (Wildman–Crippen MR) is 115 cm³/mol. The van der Waals surface area contributed by atoms with E-state index < -0.39 is 11.8 Å². The summed E-state index contributed by atoms with van der Waals surface area (Å²) in [5.41, 5.74) is 1.18. The second-order valence-electron chi connectivity index (χ2n) is 6.29. The maximum Gasteiger partial charge on any atom is 0.291 e. The van der Waals surface area contributed by atoms with E-state index >= 15 is 0 Å². The highest BCUT2D eigenvalue weighted by Crippen LogP contribution is 2.28. The quantitative estimate of drug-likeness (QED) is 0.537. The van der Waals surface area contributed by atoms with E-state index in [4.69, 9.17) is 18.6 Å². The van der Waals surface area contributed by atoms with Crippen molar-refractivity contribution in [3.05, 3.63) is 77.9 Å². The standard InChI is InChI=1S/C23H22N2O6/c1-28-17-9-7-16(8-10-17)24-22(26)18(25-23(27)20-5-4-12-31-20)13-15-6-11-19(29-2)21(14-15)30-3/h4-14H,1-3H3,(H,24,26)(H,25,27)/b18-13+. The van der Waals surface area contributed by atoms with Crippen molar-refractivity contribution < 1.29 is 28.2 Å². The third-order valence-corrected chi connectivity index (χ3v) is 4.30. The molecule has 0 bridgehead atoms. The fourth-order valence-electron chi connectivity index (χ4n) is 2.73. The molecule has 1 heterocycles. The highest BCUT2D eigenvalue weighted by molar-refractivity contribution is 6.10. The fraction of sp³-hybridized carbons (Fsp3) is 0.130. The zero-order valence-corrected chi connectivity index (χ0v) is 17.3. The van der Waals surface area contributed by atoms with Gasteiger partial charge in [0.1, 0.15) is 11.4 Å². The summed E-state index contributed by atoms with van der Waals surface area (Å²) < 4.78 is 20.8. The summed E-state index contributed by atoms with van der Waals surface area (Å²) in [4.78, 5) is 25.4. The molecule has 1 aromatic heterocycles. The van der Waals surface area contributed by atoms with Gasteiger partial charge in [-0.05, 0) is 60.2 Å². The van der Waals surface area contributed by atoms with E-state index in [9.17, 15) is 9.59 Å². The van der Waals surface area contributed by atoms with Crippen LogP contribution in [-0.4, -0.2) is 33.1 Å². The first-order valence-corrected chi connectivity index (χ1v) is 9.28. The molecule has 0 aliphatic heterocycles. The minimum atomic E-state index is -0.554. The van der Waals surface area contributed by atoms with Gasteiger partial charge < -0.3 is 29.3 Å². The lowest BCUT2D eigenvalue weighted by Crippen LogP contribution is -2.30. The Bertz CT molecular complexity index is 1070. The van der Waals surface area contributed by atoms with Crippen LogP contribution in [0, 0.1) is 0 Å². The van der Waals surface area contributed by atoms with E-state index in [-0.39, 0.29) is 11.5 Å². The molecule has 3 aromatic rings. The predicted octanol–water partition coefficient (Wildman–Crippen LogP) is 3.72. The van der Waals surface area contributed by atoms with Gasteiger partial charge in [-0.2, -0.15) is 0 Å². The first kappa shape index (κ1) is 21.5. The molecule has 2 N–H and O–H groups in total. The Morgan fingerprint density at radius 3 is 2.26 bits per heavy atom. The van der Waals surface area contributed by atoms with Crippen molar-refractivity contribution in [2.75, 3.05) is 26.6 Å². The largest absolute Gasteiger partial charge is 0.497 e. The van der Waals surface area contributed by atoms with E-state index in [1.807, 2.05) is 0 Å². The lowest BCUT2D eigenvalue weighted by molar-refractivity contribution is -0.113. The van der Waals surface area contributed by atoms with Gasteiger partial charge in [0.25, 0.3) is 11.8 Å². The van der Waals surface area contributed by atoms with Gasteiger partial charge in [-0.3, -0.25) is 9.59 Å². The molecule has 0 aliphatic carbocycles. The van der Waals surface area contributed by atoms with E-state index in [1.165, 1.54) is 32.6 Å². The first-order valence-electron chi connectivity index (χ1n) is 9.28. The topological polar surface area (TPSA) is 99.0 Å². The maximum absolute atomic E-state index is 12.9. The van der Waals surface area contributed by atoms with Crippen molar-refractivity contribution in [3.63, 3.8) is 0 Å². The minimum absolute atomic E-state index is 0.0180. The fourth-order valence-corrected chi connectivity index (χ4v) is 2.73. The smallest absolute Gasteiger partial charge is 0.291 e. The number of benzene rings is 2. The number of rotatable bonds is 8. The van der Waals surface area contributed by atoms with Crippen LogP contribution in [0.3, 0.4) is 0 Å². The number of methoxy groups -OCH3 is 3. The summed E-state index contributed by atoms with van der Waals surface area (Å²) in [6.45, 7) is 0. The zero-order valence-electron chi connectivity index (χ0n) is 17.3. The second-order valence-corrected chi connectivity index (χ2v) is 6.29. The summed E-state index contributed by atoms with van der Waals surface area (Å²) >= 11 is 0. The van der Waals surface area contributed by atoms with Crippen LogP contribution in [0.5, 0.6) is 17.2 Å². The van der Waals surface area contributed by atoms with Gasteiger partial charge in [0.05, 0.1) is 27.6 Å². The number of ether oxygens (including phenoxy) is 3. The van der Waals surface area contributed by atoms with Crippen molar-refractivity contribution in [1.82, 2.24) is 5.32 Å². The molecule has 0 unspecified atom stereocenters. The molecule has 0 radical (unpaired) electrons. The van der Waals surface area contributed by atoms with Crippen LogP contribution in [0.15, 0.2) is 71.0 Å². The van der Waals surface area contributed by atoms with Crippen LogP contribution in [0.4, 0.5) is 5.69 Å². The first-order chi connectivity index (χ1) is 15.0. The third kappa shape index (κ3) is 5.45. The Morgan fingerprint density at radius 1 is 0.903 bits per heavy atom. The normalized spacial score (nSPS) is 10.9. The monoisotopic (exact) mass is 422 g/mol. The Kier molecular flexibility index (Phi) is 6.95. The molecule has 3 rings (SSSR count). The summed E-state index contributed by atoms with van der Waals surface area (Å²) in [6.07, 6.45) is 2.91. The van der Waals surface area contributed by atoms with Crippen molar-refractivity contribution in [2.45, 2.75) is 0 Å². The summed E-state index contributed by atoms with van der Waals surface area (Å²) in [5, 5.41) is 5.35. The van der Waals surface area contributed by atoms with E-state index in [0.717, 1.165) is 0 Å². The zero-order chi connectivity index (χ0) is 22.2. The number of hydrogen-bond donors (Lipinski definition) is 2. The molecular formula is C23H22N2O6. The molecule has 8 nitrogen and oxygen atoms in total. The maximum atomic E-state index is 12.9. The molecular weight excluding hydrogens is 400 g/mol. The van der Waals surface area contributed by atoms with Gasteiger partial charge in [0.15, 0.2) is 17.3 Å². The summed E-state index contributed by atoms with van der Waals surface area (Å²) in [7, 11) is 4.60. The van der Waals surface area contributed by atoms with E-state index in [2.05, 4.69) is 10.6 Å². The molecule has 8 heteroatoms. The average Bonchev–Trinajstić information content (AvgIpc) is 3.34. The third-order valence-electron chi connectivity index (χ3n) is 4.30. The molecule has 0 saturated heterocycles. The van der Waals surface area contributed by atoms with Crippen LogP contribution in [0.25, 0.3) is 6.08 Å². The van der Waals surface area contributed by atoms with Gasteiger partial charge in [-0.15, -0.1) is 0 Å². The number of furan rings is 1. The van der Waals surface area contributed by atoms with Gasteiger partial charge in [0.2, 0.25) is 0 Å². The Hall–Kier alpha value is -4.20. The molecule has 160 valence electrons. The second kappa shape index (κ2) is 10.0. The minimum Gasteiger partial charge on any atom is -0.497 e. The average molecular weight is 422 g/mol. The van der Waals surface area contributed by atoms with Gasteiger partial charge >= 0.3 is 0 Å². The van der Waals surface area contributed by atoms with Crippen LogP contribution < -0.4 is 24.8 Å². The van der Waals surface area contributed by atoms with E-state index in [1.54, 1.807) is 55.6 Å². The number of carbonyl (C=O) groups excluding carboxylic acids is 2. The SMILES string of the molecule is COc1ccc(NC(=O)/C(=C\c2ccc(OC)c(OC)c2)NC(=O)c2ccco2)cc1. The number of hydrogen-bond acceptors (Lipinski definition) is 6. The molecule has 0 fully saturated rings. The lowest BCUT2D eigenvalue weighted by atomic mass is 10.1. The van der Waals surface area contributed by atoms with Crippen LogP contribution >= 0.6 is 0 Å². The number of anilines is 1. The molecule has 0 saturated carbocycles. The molecule has 2 aromatic carbocycles. The van der Waals surface area contributed by atoms with E-state index in [0.29, 0.717) is 28.5 Å². The lowest BCUT2D eigenvalue weighted by Gasteiger charge is -2.12. The number of nitrogens with one attached hydrogen (secondary N) is 2. The van der Waals surface area contributed by atoms with Crippen molar-refractivity contribution in [3.8, 4) is 17.2 Å². The highest BCUT2D eigenvalue weighted by Gasteiger charge is 2.17. The van der Waals surface area contributed by atoms with Crippen molar-refractivity contribution in [2.24, 2.45) is 0 Å². The molecule has 0 aliphatic rings. The summed E-state index contributed by atoms with van der Waals surface area (Å²) in [5.74, 6) is 0.703.